The molecule has 2 nitrogen and oxygen atoms in total. The molecule has 14 heavy (non-hydrogen) atoms. The second kappa shape index (κ2) is 5.92. The van der Waals surface area contributed by atoms with Crippen LogP contribution >= 0.6 is 0 Å². The Morgan fingerprint density at radius 3 is 3.00 bits per heavy atom. The summed E-state index contributed by atoms with van der Waals surface area (Å²) < 4.78 is 6.06. The normalized spacial score (nSPS) is 10.4. The molecular formula is C11H11BiO2. The van der Waals surface area contributed by atoms with Gasteiger partial charge in [-0.3, -0.25) is 0 Å². The van der Waals surface area contributed by atoms with E-state index in [2.05, 4.69) is 12.1 Å². The van der Waals surface area contributed by atoms with Crippen LogP contribution in [0.3, 0.4) is 0 Å². The van der Waals surface area contributed by atoms with Gasteiger partial charge < -0.3 is 0 Å². The number of rotatable bonds is 3. The molecule has 0 unspecified atom stereocenters. The Morgan fingerprint density at radius 1 is 1.57 bits per heavy atom. The van der Waals surface area contributed by atoms with Crippen LogP contribution in [0.1, 0.15) is 12.5 Å². The van der Waals surface area contributed by atoms with Gasteiger partial charge in [0.2, 0.25) is 0 Å². The van der Waals surface area contributed by atoms with Crippen molar-refractivity contribution in [3.8, 4) is 0 Å². The molecule has 0 aliphatic heterocycles. The molecule has 0 heterocycles. The first-order valence-electron chi connectivity index (χ1n) is 4.36. The molecule has 0 saturated carbocycles. The van der Waals surface area contributed by atoms with Crippen LogP contribution in [0, 0.1) is 0 Å². The molecule has 0 fully saturated rings. The molecule has 2 radical (unpaired) electrons. The molecule has 0 aromatic heterocycles. The zero-order valence-electron chi connectivity index (χ0n) is 7.93. The number of esters is 1. The van der Waals surface area contributed by atoms with Crippen molar-refractivity contribution >= 4 is 40.0 Å². The second-order valence-corrected chi connectivity index (χ2v) is 4.69. The maximum absolute atomic E-state index is 11.0. The summed E-state index contributed by atoms with van der Waals surface area (Å²) in [5.41, 5.74) is 1.04. The van der Waals surface area contributed by atoms with E-state index in [1.165, 1.54) is 34.1 Å². The summed E-state index contributed by atoms with van der Waals surface area (Å²) in [6, 6.07) is 8.08. The Bertz CT molecular complexity index is 345. The summed E-state index contributed by atoms with van der Waals surface area (Å²) in [5, 5.41) is 0. The van der Waals surface area contributed by atoms with E-state index < -0.39 is 0 Å². The molecule has 0 N–H and O–H groups in total. The topological polar surface area (TPSA) is 26.3 Å². The van der Waals surface area contributed by atoms with Gasteiger partial charge in [-0.25, -0.2) is 0 Å². The van der Waals surface area contributed by atoms with E-state index in [0.29, 0.717) is 6.61 Å². The Labute approximate surface area is 98.8 Å². The molecule has 72 valence electrons. The summed E-state index contributed by atoms with van der Waals surface area (Å²) in [5.74, 6) is -0.288. The molecular weight excluding hydrogens is 373 g/mol. The fourth-order valence-electron chi connectivity index (χ4n) is 0.983. The first-order valence-corrected chi connectivity index (χ1v) is 6.10. The maximum atomic E-state index is 11.0. The molecule has 0 atom stereocenters. The average Bonchev–Trinajstić information content (AvgIpc) is 2.15. The van der Waals surface area contributed by atoms with E-state index in [1.54, 1.807) is 13.0 Å². The van der Waals surface area contributed by atoms with E-state index in [-0.39, 0.29) is 5.97 Å². The van der Waals surface area contributed by atoms with Crippen LogP contribution in [0.4, 0.5) is 0 Å². The second-order valence-electron chi connectivity index (χ2n) is 2.68. The third kappa shape index (κ3) is 4.01. The number of ether oxygens (including phenoxy) is 1. The van der Waals surface area contributed by atoms with Gasteiger partial charge >= 0.3 is 99.0 Å². The minimum absolute atomic E-state index is 0.288. The van der Waals surface area contributed by atoms with Crippen molar-refractivity contribution < 1.29 is 9.53 Å². The van der Waals surface area contributed by atoms with Crippen molar-refractivity contribution in [2.24, 2.45) is 0 Å². The first-order chi connectivity index (χ1) is 6.72. The molecule has 0 aliphatic carbocycles. The van der Waals surface area contributed by atoms with E-state index in [4.69, 9.17) is 4.74 Å². The van der Waals surface area contributed by atoms with Gasteiger partial charge in [-0.15, -0.1) is 0 Å². The number of carbonyl (C=O) groups excluding carboxylic acids is 1. The fourth-order valence-corrected chi connectivity index (χ4v) is 1.90. The Balaban J connectivity index is 2.64. The third-order valence-corrected chi connectivity index (χ3v) is 2.65. The summed E-state index contributed by atoms with van der Waals surface area (Å²) in [6.45, 7) is 2.21. The van der Waals surface area contributed by atoms with E-state index in [1.807, 2.05) is 12.1 Å². The van der Waals surface area contributed by atoms with Crippen molar-refractivity contribution in [3.63, 3.8) is 0 Å². The van der Waals surface area contributed by atoms with Gasteiger partial charge in [-0.05, 0) is 0 Å². The van der Waals surface area contributed by atoms with E-state index >= 15 is 0 Å². The van der Waals surface area contributed by atoms with Crippen LogP contribution in [0.2, 0.25) is 0 Å². The van der Waals surface area contributed by atoms with Gasteiger partial charge in [0.1, 0.15) is 0 Å². The summed E-state index contributed by atoms with van der Waals surface area (Å²) in [4.78, 5) is 11.0. The van der Waals surface area contributed by atoms with Crippen LogP contribution in [-0.4, -0.2) is 37.3 Å². The summed E-state index contributed by atoms with van der Waals surface area (Å²) in [7, 11) is 0. The zero-order valence-corrected chi connectivity index (χ0v) is 11.4. The monoisotopic (exact) mass is 384 g/mol. The molecule has 3 heteroatoms. The van der Waals surface area contributed by atoms with Crippen molar-refractivity contribution in [1.82, 2.24) is 0 Å². The van der Waals surface area contributed by atoms with Crippen molar-refractivity contribution in [1.29, 1.82) is 0 Å². The van der Waals surface area contributed by atoms with Gasteiger partial charge in [-0.1, -0.05) is 0 Å². The van der Waals surface area contributed by atoms with Gasteiger partial charge in [0.25, 0.3) is 0 Å². The Kier molecular flexibility index (Phi) is 4.82. The van der Waals surface area contributed by atoms with Gasteiger partial charge in [-0.2, -0.15) is 0 Å². The quantitative estimate of drug-likeness (QED) is 0.443. The summed E-state index contributed by atoms with van der Waals surface area (Å²) in [6.07, 6.45) is 3.23. The van der Waals surface area contributed by atoms with Crippen molar-refractivity contribution in [2.75, 3.05) is 6.61 Å². The van der Waals surface area contributed by atoms with Gasteiger partial charge in [0.15, 0.2) is 0 Å². The van der Waals surface area contributed by atoms with Crippen molar-refractivity contribution in [3.05, 3.63) is 35.9 Å². The molecule has 1 rings (SSSR count). The van der Waals surface area contributed by atoms with Crippen LogP contribution < -0.4 is 3.27 Å². The number of benzene rings is 1. The van der Waals surface area contributed by atoms with Gasteiger partial charge in [0, 0.05) is 0 Å². The SMILES string of the molecule is CCOC(=O)/C=C/c1ccc[c]([Bi])c1. The molecule has 0 bridgehead atoms. The Morgan fingerprint density at radius 2 is 2.36 bits per heavy atom. The summed E-state index contributed by atoms with van der Waals surface area (Å²) >= 11 is 1.22. The minimum atomic E-state index is -0.288. The van der Waals surface area contributed by atoms with Crippen LogP contribution in [0.15, 0.2) is 30.3 Å². The molecule has 1 aromatic rings. The molecule has 0 amide bonds. The molecule has 0 saturated heterocycles. The predicted molar refractivity (Wildman–Crippen MR) is 57.5 cm³/mol. The first kappa shape index (κ1) is 11.4. The Hall–Kier alpha value is -0.687. The van der Waals surface area contributed by atoms with Crippen LogP contribution in [0.25, 0.3) is 6.08 Å². The predicted octanol–water partition coefficient (Wildman–Crippen LogP) is 1.06. The fraction of sp³-hybridized carbons (Fsp3) is 0.182. The van der Waals surface area contributed by atoms with Crippen LogP contribution in [-0.2, 0) is 9.53 Å². The van der Waals surface area contributed by atoms with Crippen LogP contribution in [0.5, 0.6) is 0 Å². The van der Waals surface area contributed by atoms with E-state index in [0.717, 1.165) is 5.56 Å². The van der Waals surface area contributed by atoms with E-state index in [9.17, 15) is 4.79 Å². The standard InChI is InChI=1S/C11H11O2.Bi/c1-2-13-11(12)9-8-10-6-4-3-5-7-10;/h3-4,6-9H,2H2,1H3;/b9-8+;. The van der Waals surface area contributed by atoms with Gasteiger partial charge in [0.05, 0.1) is 0 Å². The molecule has 1 aromatic carbocycles. The molecule has 0 aliphatic rings. The zero-order chi connectivity index (χ0) is 10.4. The van der Waals surface area contributed by atoms with Crippen molar-refractivity contribution in [2.45, 2.75) is 6.92 Å². The number of carbonyl (C=O) groups is 1. The number of hydrogen-bond donors (Lipinski definition) is 0. The average molecular weight is 384 g/mol. The third-order valence-electron chi connectivity index (χ3n) is 1.57. The number of hydrogen-bond acceptors (Lipinski definition) is 2. The molecule has 0 spiro atoms.